The van der Waals surface area contributed by atoms with E-state index in [2.05, 4.69) is 13.8 Å². The number of carbonyl (C=O) groups is 2. The minimum absolute atomic E-state index is 0.102. The Balaban J connectivity index is 1.67. The predicted molar refractivity (Wildman–Crippen MR) is 125 cm³/mol. The number of piperidine rings is 1. The Hall–Kier alpha value is -2.51. The van der Waals surface area contributed by atoms with E-state index in [4.69, 9.17) is 0 Å². The summed E-state index contributed by atoms with van der Waals surface area (Å²) in [6.45, 7) is 6.77. The van der Waals surface area contributed by atoms with Crippen molar-refractivity contribution in [3.63, 3.8) is 0 Å². The first-order chi connectivity index (χ1) is 15.2. The molecule has 6 nitrogen and oxygen atoms in total. The van der Waals surface area contributed by atoms with Crippen molar-refractivity contribution in [2.75, 3.05) is 13.1 Å². The number of ketones is 1. The number of amides is 1. The van der Waals surface area contributed by atoms with Crippen LogP contribution in [0.4, 0.5) is 0 Å². The van der Waals surface area contributed by atoms with E-state index in [0.717, 1.165) is 12.0 Å². The van der Waals surface area contributed by atoms with E-state index in [1.807, 2.05) is 35.2 Å². The lowest BCUT2D eigenvalue weighted by Gasteiger charge is -2.36. The van der Waals surface area contributed by atoms with Crippen LogP contribution in [0.3, 0.4) is 0 Å². The fraction of sp³-hybridized carbons (Fsp3) is 0.440. The molecule has 0 saturated carbocycles. The van der Waals surface area contributed by atoms with Gasteiger partial charge in [0.1, 0.15) is 0 Å². The Morgan fingerprint density at radius 1 is 1.03 bits per heavy atom. The number of carbonyl (C=O) groups excluding carboxylic acids is 2. The maximum absolute atomic E-state index is 13.4. The maximum Gasteiger partial charge on any atom is 0.243 e. The summed E-state index contributed by atoms with van der Waals surface area (Å²) in [5.41, 5.74) is 1.58. The molecule has 172 valence electrons. The van der Waals surface area contributed by atoms with Crippen molar-refractivity contribution < 1.29 is 18.0 Å². The van der Waals surface area contributed by atoms with Gasteiger partial charge in [0.25, 0.3) is 0 Å². The molecule has 1 atom stereocenters. The van der Waals surface area contributed by atoms with E-state index in [9.17, 15) is 18.0 Å². The molecule has 0 N–H and O–H groups in total. The van der Waals surface area contributed by atoms with Crippen LogP contribution in [0.1, 0.15) is 56.0 Å². The molecule has 0 bridgehead atoms. The second-order valence-corrected chi connectivity index (χ2v) is 10.4. The smallest absolute Gasteiger partial charge is 0.243 e. The summed E-state index contributed by atoms with van der Waals surface area (Å²) in [6.07, 6.45) is 1.87. The SMILES string of the molecule is CCC(C)N(Cc1ccccc1)C(=O)C1CCN(S(=O)(=O)c2ccc(C(C)=O)cc2)CC1. The van der Waals surface area contributed by atoms with Gasteiger partial charge in [0.2, 0.25) is 15.9 Å². The molecule has 1 heterocycles. The van der Waals surface area contributed by atoms with E-state index in [1.165, 1.54) is 23.4 Å². The highest BCUT2D eigenvalue weighted by atomic mass is 32.2. The Morgan fingerprint density at radius 3 is 2.16 bits per heavy atom. The van der Waals surface area contributed by atoms with Gasteiger partial charge in [0.15, 0.2) is 5.78 Å². The molecule has 3 rings (SSSR count). The molecule has 0 radical (unpaired) electrons. The number of hydrogen-bond donors (Lipinski definition) is 0. The van der Waals surface area contributed by atoms with Crippen LogP contribution >= 0.6 is 0 Å². The number of Topliss-reactive ketones (excluding diaryl/α,β-unsaturated/α-hetero) is 1. The van der Waals surface area contributed by atoms with Gasteiger partial charge in [0.05, 0.1) is 4.90 Å². The largest absolute Gasteiger partial charge is 0.335 e. The molecule has 1 aliphatic heterocycles. The third-order valence-electron chi connectivity index (χ3n) is 6.30. The van der Waals surface area contributed by atoms with E-state index >= 15 is 0 Å². The predicted octanol–water partition coefficient (Wildman–Crippen LogP) is 4.12. The van der Waals surface area contributed by atoms with Gasteiger partial charge in [-0.25, -0.2) is 8.42 Å². The summed E-state index contributed by atoms with van der Waals surface area (Å²) in [5, 5.41) is 0. The number of benzene rings is 2. The average molecular weight is 457 g/mol. The lowest BCUT2D eigenvalue weighted by molar-refractivity contribution is -0.139. The quantitative estimate of drug-likeness (QED) is 0.560. The molecule has 1 unspecified atom stereocenters. The summed E-state index contributed by atoms with van der Waals surface area (Å²) in [6, 6.07) is 16.1. The van der Waals surface area contributed by atoms with Gasteiger partial charge in [-0.2, -0.15) is 4.31 Å². The van der Waals surface area contributed by atoms with Crippen LogP contribution in [0.25, 0.3) is 0 Å². The molecule has 0 aliphatic carbocycles. The van der Waals surface area contributed by atoms with Crippen LogP contribution in [-0.2, 0) is 21.4 Å². The first kappa shape index (κ1) is 24.1. The van der Waals surface area contributed by atoms with E-state index in [1.54, 1.807) is 12.1 Å². The van der Waals surface area contributed by atoms with Gasteiger partial charge in [0, 0.05) is 37.2 Å². The Morgan fingerprint density at radius 2 is 1.62 bits per heavy atom. The molecule has 0 aromatic heterocycles. The van der Waals surface area contributed by atoms with Crippen molar-refractivity contribution in [2.45, 2.75) is 57.5 Å². The van der Waals surface area contributed by atoms with Crippen molar-refractivity contribution in [1.29, 1.82) is 0 Å². The minimum atomic E-state index is -3.65. The van der Waals surface area contributed by atoms with E-state index in [0.29, 0.717) is 38.0 Å². The third-order valence-corrected chi connectivity index (χ3v) is 8.22. The molecule has 0 spiro atoms. The second-order valence-electron chi connectivity index (χ2n) is 8.47. The summed E-state index contributed by atoms with van der Waals surface area (Å²) >= 11 is 0. The Labute approximate surface area is 191 Å². The van der Waals surface area contributed by atoms with Crippen LogP contribution in [0.5, 0.6) is 0 Å². The number of hydrogen-bond acceptors (Lipinski definition) is 4. The topological polar surface area (TPSA) is 74.8 Å². The van der Waals surface area contributed by atoms with Crippen molar-refractivity contribution in [1.82, 2.24) is 9.21 Å². The molecule has 2 aromatic rings. The second kappa shape index (κ2) is 10.4. The van der Waals surface area contributed by atoms with Gasteiger partial charge in [-0.3, -0.25) is 9.59 Å². The highest BCUT2D eigenvalue weighted by Crippen LogP contribution is 2.27. The standard InChI is InChI=1S/C25H32N2O4S/c1-4-19(2)27(18-21-8-6-5-7-9-21)25(29)23-14-16-26(17-15-23)32(30,31)24-12-10-22(11-13-24)20(3)28/h5-13,19,23H,4,14-18H2,1-3H3. The molecular formula is C25H32N2O4S. The molecule has 7 heteroatoms. The van der Waals surface area contributed by atoms with E-state index < -0.39 is 10.0 Å². The van der Waals surface area contributed by atoms with Crippen LogP contribution < -0.4 is 0 Å². The van der Waals surface area contributed by atoms with Crippen molar-refractivity contribution in [3.05, 3.63) is 65.7 Å². The van der Waals surface area contributed by atoms with E-state index in [-0.39, 0.29) is 28.5 Å². The van der Waals surface area contributed by atoms with Gasteiger partial charge >= 0.3 is 0 Å². The zero-order valence-corrected chi connectivity index (χ0v) is 19.8. The van der Waals surface area contributed by atoms with Crippen LogP contribution in [-0.4, -0.2) is 48.4 Å². The van der Waals surface area contributed by atoms with Crippen LogP contribution in [0, 0.1) is 5.92 Å². The molecule has 1 saturated heterocycles. The van der Waals surface area contributed by atoms with Crippen LogP contribution in [0.2, 0.25) is 0 Å². The van der Waals surface area contributed by atoms with Gasteiger partial charge in [-0.15, -0.1) is 0 Å². The normalized spacial score (nSPS) is 16.5. The molecular weight excluding hydrogens is 424 g/mol. The lowest BCUT2D eigenvalue weighted by atomic mass is 9.95. The summed E-state index contributed by atoms with van der Waals surface area (Å²) < 4.78 is 27.5. The fourth-order valence-electron chi connectivity index (χ4n) is 4.04. The highest BCUT2D eigenvalue weighted by Gasteiger charge is 2.34. The van der Waals surface area contributed by atoms with Crippen molar-refractivity contribution >= 4 is 21.7 Å². The van der Waals surface area contributed by atoms with Crippen molar-refractivity contribution in [2.24, 2.45) is 5.92 Å². The zero-order chi connectivity index (χ0) is 23.3. The Bertz CT molecular complexity index is 1030. The Kier molecular flexibility index (Phi) is 7.85. The third kappa shape index (κ3) is 5.45. The zero-order valence-electron chi connectivity index (χ0n) is 19.0. The number of sulfonamides is 1. The summed E-state index contributed by atoms with van der Waals surface area (Å²) in [4.78, 5) is 26.9. The van der Waals surface area contributed by atoms with Gasteiger partial charge in [-0.1, -0.05) is 49.4 Å². The monoisotopic (exact) mass is 456 g/mol. The van der Waals surface area contributed by atoms with Crippen LogP contribution in [0.15, 0.2) is 59.5 Å². The van der Waals surface area contributed by atoms with Gasteiger partial charge < -0.3 is 4.90 Å². The fourth-order valence-corrected chi connectivity index (χ4v) is 5.51. The number of rotatable bonds is 8. The molecule has 32 heavy (non-hydrogen) atoms. The van der Waals surface area contributed by atoms with Crippen molar-refractivity contribution in [3.8, 4) is 0 Å². The maximum atomic E-state index is 13.4. The average Bonchev–Trinajstić information content (AvgIpc) is 2.82. The molecule has 1 aliphatic rings. The minimum Gasteiger partial charge on any atom is -0.335 e. The first-order valence-corrected chi connectivity index (χ1v) is 12.6. The first-order valence-electron chi connectivity index (χ1n) is 11.2. The van der Waals surface area contributed by atoms with Gasteiger partial charge in [-0.05, 0) is 50.8 Å². The lowest BCUT2D eigenvalue weighted by Crippen LogP contribution is -2.46. The molecule has 2 aromatic carbocycles. The highest BCUT2D eigenvalue weighted by molar-refractivity contribution is 7.89. The number of nitrogens with zero attached hydrogens (tertiary/aromatic N) is 2. The summed E-state index contributed by atoms with van der Waals surface area (Å²) in [7, 11) is -3.65. The molecule has 1 fully saturated rings. The molecule has 1 amide bonds. The summed E-state index contributed by atoms with van der Waals surface area (Å²) in [5.74, 6) is -0.181.